The molecule has 13 heteroatoms. The van der Waals surface area contributed by atoms with Crippen LogP contribution >= 0.6 is 11.3 Å². The summed E-state index contributed by atoms with van der Waals surface area (Å²) in [4.78, 5) is 22.0. The third kappa shape index (κ3) is 4.37. The molecule has 0 amide bonds. The molecule has 0 spiro atoms. The maximum absolute atomic E-state index is 14.6. The highest BCUT2D eigenvalue weighted by Crippen LogP contribution is 2.28. The van der Waals surface area contributed by atoms with Crippen molar-refractivity contribution in [3.8, 4) is 11.5 Å². The van der Waals surface area contributed by atoms with Gasteiger partial charge >= 0.3 is 4.87 Å². The van der Waals surface area contributed by atoms with Crippen molar-refractivity contribution in [3.63, 3.8) is 0 Å². The minimum atomic E-state index is -1.22. The minimum absolute atomic E-state index is 0.107. The summed E-state index contributed by atoms with van der Waals surface area (Å²) in [6.45, 7) is 3.88. The molecule has 1 fully saturated rings. The number of nitrogen functional groups attached to an aromatic ring is 1. The number of fused-ring (bicyclic) bond motifs is 3. The first kappa shape index (κ1) is 24.0. The van der Waals surface area contributed by atoms with Gasteiger partial charge in [0, 0.05) is 45.3 Å². The van der Waals surface area contributed by atoms with Gasteiger partial charge in [0.2, 0.25) is 5.95 Å². The van der Waals surface area contributed by atoms with Gasteiger partial charge in [-0.2, -0.15) is 14.6 Å². The van der Waals surface area contributed by atoms with Gasteiger partial charge in [-0.1, -0.05) is 11.3 Å². The third-order valence-corrected chi connectivity index (χ3v) is 8.53. The molecule has 37 heavy (non-hydrogen) atoms. The number of hydrogen-bond acceptors (Lipinski definition) is 9. The van der Waals surface area contributed by atoms with E-state index in [0.29, 0.717) is 59.4 Å². The molecule has 192 valence electrons. The number of piperazine rings is 1. The van der Waals surface area contributed by atoms with Crippen molar-refractivity contribution in [2.24, 2.45) is 0 Å². The molecule has 0 bridgehead atoms. The van der Waals surface area contributed by atoms with E-state index in [2.05, 4.69) is 15.0 Å². The molecule has 1 aliphatic rings. The lowest BCUT2D eigenvalue weighted by molar-refractivity contribution is 0.248. The first-order valence-corrected chi connectivity index (χ1v) is 14.1. The normalized spacial score (nSPS) is 15.7. The van der Waals surface area contributed by atoms with Gasteiger partial charge in [0.25, 0.3) is 0 Å². The van der Waals surface area contributed by atoms with E-state index >= 15 is 0 Å². The first-order chi connectivity index (χ1) is 17.9. The SMILES string of the molecule is C[S@+]([O-])c1ccc(N2CCN(CCn3c(=O)sc4c3nc(N)n3nc(-c5ccco5)cc43)CC2)c(F)c1. The number of halogens is 1. The van der Waals surface area contributed by atoms with Crippen LogP contribution < -0.4 is 15.5 Å². The molecular weight excluding hydrogens is 517 g/mol. The summed E-state index contributed by atoms with van der Waals surface area (Å²) in [6, 6.07) is 10.2. The molecule has 1 atom stereocenters. The quantitative estimate of drug-likeness (QED) is 0.326. The number of rotatable bonds is 6. The fraction of sp³-hybridized carbons (Fsp3) is 0.292. The van der Waals surface area contributed by atoms with Crippen LogP contribution in [0, 0.1) is 5.82 Å². The molecule has 1 aliphatic heterocycles. The van der Waals surface area contributed by atoms with Crippen molar-refractivity contribution in [2.45, 2.75) is 11.4 Å². The van der Waals surface area contributed by atoms with Crippen molar-refractivity contribution in [1.29, 1.82) is 0 Å². The number of thiazole rings is 1. The summed E-state index contributed by atoms with van der Waals surface area (Å²) < 4.78 is 35.6. The Morgan fingerprint density at radius 2 is 2.00 bits per heavy atom. The maximum atomic E-state index is 14.6. The Morgan fingerprint density at radius 1 is 1.19 bits per heavy atom. The van der Waals surface area contributed by atoms with Crippen LogP contribution in [0.2, 0.25) is 0 Å². The second-order valence-corrected chi connectivity index (χ2v) is 11.2. The highest BCUT2D eigenvalue weighted by atomic mass is 32.2. The lowest BCUT2D eigenvalue weighted by Gasteiger charge is -2.36. The molecule has 5 heterocycles. The van der Waals surface area contributed by atoms with E-state index in [-0.39, 0.29) is 16.6 Å². The van der Waals surface area contributed by atoms with Crippen LogP contribution in [-0.4, -0.2) is 67.6 Å². The van der Waals surface area contributed by atoms with E-state index in [1.165, 1.54) is 16.8 Å². The number of nitrogens with two attached hydrogens (primary N) is 1. The number of furan rings is 1. The predicted molar refractivity (Wildman–Crippen MR) is 142 cm³/mol. The van der Waals surface area contributed by atoms with Gasteiger partial charge in [-0.3, -0.25) is 14.3 Å². The van der Waals surface area contributed by atoms with E-state index in [4.69, 9.17) is 10.2 Å². The summed E-state index contributed by atoms with van der Waals surface area (Å²) in [5, 5.41) is 4.49. The second-order valence-electron chi connectivity index (χ2n) is 8.84. The van der Waals surface area contributed by atoms with Crippen LogP contribution in [0.15, 0.2) is 56.8 Å². The van der Waals surface area contributed by atoms with Crippen molar-refractivity contribution in [1.82, 2.24) is 24.1 Å². The molecule has 1 saturated heterocycles. The van der Waals surface area contributed by atoms with E-state index in [9.17, 15) is 13.7 Å². The molecule has 6 rings (SSSR count). The first-order valence-electron chi connectivity index (χ1n) is 11.7. The molecule has 4 aromatic heterocycles. The largest absolute Gasteiger partial charge is 0.612 e. The fourth-order valence-electron chi connectivity index (χ4n) is 4.67. The Morgan fingerprint density at radius 3 is 2.70 bits per heavy atom. The van der Waals surface area contributed by atoms with Crippen LogP contribution in [0.5, 0.6) is 0 Å². The molecule has 0 unspecified atom stereocenters. The van der Waals surface area contributed by atoms with Gasteiger partial charge in [0.1, 0.15) is 16.6 Å². The van der Waals surface area contributed by atoms with Crippen molar-refractivity contribution >= 4 is 50.0 Å². The monoisotopic (exact) mass is 541 g/mol. The number of hydrogen-bond donors (Lipinski definition) is 1. The zero-order valence-corrected chi connectivity index (χ0v) is 21.6. The smallest absolute Gasteiger partial charge is 0.309 e. The molecule has 0 aliphatic carbocycles. The van der Waals surface area contributed by atoms with E-state index in [1.807, 2.05) is 17.0 Å². The molecule has 2 N–H and O–H groups in total. The van der Waals surface area contributed by atoms with Gasteiger partial charge in [0.05, 0.1) is 17.5 Å². The molecule has 0 radical (unpaired) electrons. The van der Waals surface area contributed by atoms with Crippen LogP contribution in [0.25, 0.3) is 27.3 Å². The lowest BCUT2D eigenvalue weighted by atomic mass is 10.2. The second kappa shape index (κ2) is 9.49. The van der Waals surface area contributed by atoms with Gasteiger partial charge in [-0.05, 0) is 41.5 Å². The Labute approximate surface area is 217 Å². The van der Waals surface area contributed by atoms with Crippen LogP contribution in [0.4, 0.5) is 16.0 Å². The van der Waals surface area contributed by atoms with Gasteiger partial charge in [0.15, 0.2) is 22.1 Å². The Bertz CT molecular complexity index is 1640. The summed E-state index contributed by atoms with van der Waals surface area (Å²) in [5.41, 5.74) is 8.59. The molecule has 5 aromatic rings. The molecule has 10 nitrogen and oxygen atoms in total. The summed E-state index contributed by atoms with van der Waals surface area (Å²) in [7, 11) is 0. The minimum Gasteiger partial charge on any atom is -0.612 e. The Hall–Kier alpha value is -3.39. The highest BCUT2D eigenvalue weighted by Gasteiger charge is 2.22. The van der Waals surface area contributed by atoms with Gasteiger partial charge in [-0.15, -0.1) is 0 Å². The molecule has 0 saturated carbocycles. The van der Waals surface area contributed by atoms with E-state index < -0.39 is 11.2 Å². The number of aromatic nitrogens is 4. The van der Waals surface area contributed by atoms with Crippen LogP contribution in [0.3, 0.4) is 0 Å². The van der Waals surface area contributed by atoms with E-state index in [0.717, 1.165) is 29.1 Å². The predicted octanol–water partition coefficient (Wildman–Crippen LogP) is 2.65. The van der Waals surface area contributed by atoms with Crippen molar-refractivity contribution in [3.05, 3.63) is 58.1 Å². The Balaban J connectivity index is 1.18. The Kier molecular flexibility index (Phi) is 6.15. The average molecular weight is 542 g/mol. The zero-order chi connectivity index (χ0) is 25.7. The topological polar surface area (TPSA) is 121 Å². The van der Waals surface area contributed by atoms with Crippen LogP contribution in [-0.2, 0) is 17.7 Å². The maximum Gasteiger partial charge on any atom is 0.309 e. The fourth-order valence-corrected chi connectivity index (χ4v) is 6.16. The summed E-state index contributed by atoms with van der Waals surface area (Å²) in [6.07, 6.45) is 3.11. The van der Waals surface area contributed by atoms with Crippen LogP contribution in [0.1, 0.15) is 0 Å². The third-order valence-electron chi connectivity index (χ3n) is 6.63. The zero-order valence-electron chi connectivity index (χ0n) is 20.0. The number of anilines is 2. The van der Waals surface area contributed by atoms with E-state index in [1.54, 1.807) is 29.0 Å². The lowest BCUT2D eigenvalue weighted by Crippen LogP contribution is -2.47. The summed E-state index contributed by atoms with van der Waals surface area (Å²) in [5.74, 6) is 0.446. The average Bonchev–Trinajstić information content (AvgIpc) is 3.62. The van der Waals surface area contributed by atoms with Gasteiger partial charge < -0.3 is 19.6 Å². The molecule has 1 aromatic carbocycles. The van der Waals surface area contributed by atoms with Gasteiger partial charge in [-0.25, -0.2) is 4.39 Å². The number of nitrogens with zero attached hydrogens (tertiary/aromatic N) is 6. The van der Waals surface area contributed by atoms with Crippen molar-refractivity contribution < 1.29 is 13.4 Å². The van der Waals surface area contributed by atoms with Crippen molar-refractivity contribution in [2.75, 3.05) is 49.6 Å². The highest BCUT2D eigenvalue weighted by molar-refractivity contribution is 7.90. The summed E-state index contributed by atoms with van der Waals surface area (Å²) >= 11 is -0.0948. The molecular formula is C24H24FN7O3S2. The standard InChI is InChI=1S/C24H24FN7O3S2/c1-37(34)15-4-5-18(16(25)13-15)30-9-6-29(7-10-30)8-11-31-22-21(36-24(31)33)19-14-17(20-3-2-12-35-20)28-32(19)23(26)27-22/h2-5,12-14H,6-11H2,1H3,(H2,26,27)/t37-/m0/s1. The number of benzene rings is 1.